The molecule has 5 heteroatoms. The van der Waals surface area contributed by atoms with E-state index in [9.17, 15) is 0 Å². The highest BCUT2D eigenvalue weighted by molar-refractivity contribution is 5.80. The number of benzene rings is 1. The first-order valence-electron chi connectivity index (χ1n) is 12.1. The Labute approximate surface area is 181 Å². The van der Waals surface area contributed by atoms with Crippen molar-refractivity contribution < 1.29 is 4.74 Å². The number of fused-ring (bicyclic) bond motifs is 2. The van der Waals surface area contributed by atoms with Crippen LogP contribution in [0.5, 0.6) is 0 Å². The maximum atomic E-state index is 6.15. The zero-order valence-electron chi connectivity index (χ0n) is 18.7. The minimum Gasteiger partial charge on any atom is -0.377 e. The second-order valence-corrected chi connectivity index (χ2v) is 10.1. The summed E-state index contributed by atoms with van der Waals surface area (Å²) < 4.78 is 6.15. The molecule has 5 nitrogen and oxygen atoms in total. The van der Waals surface area contributed by atoms with Gasteiger partial charge in [-0.05, 0) is 44.6 Å². The van der Waals surface area contributed by atoms with E-state index in [4.69, 9.17) is 4.74 Å². The van der Waals surface area contributed by atoms with Crippen LogP contribution in [0.4, 0.5) is 0 Å². The van der Waals surface area contributed by atoms with E-state index >= 15 is 0 Å². The third kappa shape index (κ3) is 3.75. The molecule has 1 aromatic rings. The molecule has 2 heterocycles. The minimum atomic E-state index is 0.371. The van der Waals surface area contributed by atoms with Crippen molar-refractivity contribution in [2.24, 2.45) is 16.3 Å². The molecule has 0 amide bonds. The summed E-state index contributed by atoms with van der Waals surface area (Å²) in [6, 6.07) is 9.97. The SMILES string of the molecule is CN=C(NC1CCN(Cc2cccc(C)c2)CC1)NC1C2CCOC2C12CCCC2. The van der Waals surface area contributed by atoms with Gasteiger partial charge in [0.15, 0.2) is 5.96 Å². The second-order valence-electron chi connectivity index (χ2n) is 10.1. The molecule has 4 fully saturated rings. The largest absolute Gasteiger partial charge is 0.377 e. The van der Waals surface area contributed by atoms with Gasteiger partial charge >= 0.3 is 0 Å². The van der Waals surface area contributed by atoms with Gasteiger partial charge in [0.1, 0.15) is 0 Å². The Morgan fingerprint density at radius 2 is 1.97 bits per heavy atom. The van der Waals surface area contributed by atoms with E-state index in [1.54, 1.807) is 0 Å². The van der Waals surface area contributed by atoms with Gasteiger partial charge in [-0.1, -0.05) is 42.7 Å². The lowest BCUT2D eigenvalue weighted by molar-refractivity contribution is -0.125. The number of aliphatic imine (C=N–C) groups is 1. The lowest BCUT2D eigenvalue weighted by Gasteiger charge is -2.57. The number of guanidine groups is 1. The van der Waals surface area contributed by atoms with Gasteiger partial charge in [0.2, 0.25) is 0 Å². The number of rotatable bonds is 4. The predicted octanol–water partition coefficient (Wildman–Crippen LogP) is 3.47. The number of likely N-dealkylation sites (tertiary alicyclic amines) is 1. The Bertz CT molecular complexity index is 764. The van der Waals surface area contributed by atoms with E-state index in [1.165, 1.54) is 56.1 Å². The molecule has 2 saturated heterocycles. The molecule has 1 aromatic carbocycles. The molecule has 0 radical (unpaired) electrons. The van der Waals surface area contributed by atoms with Gasteiger partial charge in [0.05, 0.1) is 6.10 Å². The van der Waals surface area contributed by atoms with Crippen LogP contribution in [0, 0.1) is 18.3 Å². The lowest BCUT2D eigenvalue weighted by Crippen LogP contribution is -2.69. The van der Waals surface area contributed by atoms with Gasteiger partial charge in [-0.2, -0.15) is 0 Å². The van der Waals surface area contributed by atoms with E-state index in [2.05, 4.69) is 51.7 Å². The Morgan fingerprint density at radius 1 is 1.17 bits per heavy atom. The molecule has 0 aromatic heterocycles. The molecular formula is C25H38N4O. The quantitative estimate of drug-likeness (QED) is 0.589. The first-order valence-corrected chi connectivity index (χ1v) is 12.1. The van der Waals surface area contributed by atoms with E-state index in [0.29, 0.717) is 29.5 Å². The number of nitrogens with one attached hydrogen (secondary N) is 2. The molecule has 5 rings (SSSR count). The van der Waals surface area contributed by atoms with Gasteiger partial charge in [-0.3, -0.25) is 9.89 Å². The van der Waals surface area contributed by atoms with Crippen LogP contribution in [0.2, 0.25) is 0 Å². The van der Waals surface area contributed by atoms with E-state index in [-0.39, 0.29) is 0 Å². The summed E-state index contributed by atoms with van der Waals surface area (Å²) in [6.07, 6.45) is 9.42. The maximum Gasteiger partial charge on any atom is 0.191 e. The van der Waals surface area contributed by atoms with Crippen molar-refractivity contribution in [2.45, 2.75) is 76.6 Å². The van der Waals surface area contributed by atoms with Crippen molar-refractivity contribution >= 4 is 5.96 Å². The van der Waals surface area contributed by atoms with Crippen LogP contribution in [-0.2, 0) is 11.3 Å². The average molecular weight is 411 g/mol. The number of hydrogen-bond donors (Lipinski definition) is 2. The summed E-state index contributed by atoms with van der Waals surface area (Å²) in [5.74, 6) is 1.69. The first kappa shape index (κ1) is 20.3. The second kappa shape index (κ2) is 8.51. The molecule has 164 valence electrons. The first-order chi connectivity index (χ1) is 14.7. The van der Waals surface area contributed by atoms with Gasteiger partial charge in [-0.15, -0.1) is 0 Å². The summed E-state index contributed by atoms with van der Waals surface area (Å²) in [7, 11) is 1.92. The van der Waals surface area contributed by atoms with Gasteiger partial charge in [-0.25, -0.2) is 0 Å². The van der Waals surface area contributed by atoms with Crippen molar-refractivity contribution in [3.8, 4) is 0 Å². The molecule has 30 heavy (non-hydrogen) atoms. The number of nitrogens with zero attached hydrogens (tertiary/aromatic N) is 2. The van der Waals surface area contributed by atoms with Crippen molar-refractivity contribution in [2.75, 3.05) is 26.7 Å². The fourth-order valence-electron chi connectivity index (χ4n) is 6.72. The minimum absolute atomic E-state index is 0.371. The zero-order chi connectivity index (χ0) is 20.6. The molecular weight excluding hydrogens is 372 g/mol. The molecule has 2 aliphatic carbocycles. The van der Waals surface area contributed by atoms with E-state index < -0.39 is 0 Å². The Hall–Kier alpha value is -1.59. The molecule has 2 aliphatic heterocycles. The van der Waals surface area contributed by atoms with E-state index in [1.807, 2.05) is 7.05 Å². The summed E-state index contributed by atoms with van der Waals surface area (Å²) in [5.41, 5.74) is 3.15. The van der Waals surface area contributed by atoms with E-state index in [0.717, 1.165) is 32.2 Å². The molecule has 2 saturated carbocycles. The van der Waals surface area contributed by atoms with Crippen LogP contribution < -0.4 is 10.6 Å². The fourth-order valence-corrected chi connectivity index (χ4v) is 6.72. The third-order valence-electron chi connectivity index (χ3n) is 8.22. The summed E-state index contributed by atoms with van der Waals surface area (Å²) in [4.78, 5) is 7.20. The Kier molecular flexibility index (Phi) is 5.76. The van der Waals surface area contributed by atoms with Crippen molar-refractivity contribution in [3.05, 3.63) is 35.4 Å². The Balaban J connectivity index is 1.13. The van der Waals surface area contributed by atoms with Gasteiger partial charge in [0, 0.05) is 56.7 Å². The monoisotopic (exact) mass is 410 g/mol. The summed E-state index contributed by atoms with van der Waals surface area (Å²) >= 11 is 0. The summed E-state index contributed by atoms with van der Waals surface area (Å²) in [5, 5.41) is 7.61. The van der Waals surface area contributed by atoms with Crippen LogP contribution in [0.3, 0.4) is 0 Å². The zero-order valence-corrected chi connectivity index (χ0v) is 18.7. The lowest BCUT2D eigenvalue weighted by atomic mass is 9.54. The highest BCUT2D eigenvalue weighted by atomic mass is 16.5. The van der Waals surface area contributed by atoms with Crippen LogP contribution >= 0.6 is 0 Å². The highest BCUT2D eigenvalue weighted by Gasteiger charge is 2.65. The number of hydrogen-bond acceptors (Lipinski definition) is 3. The van der Waals surface area contributed by atoms with Crippen LogP contribution in [0.15, 0.2) is 29.3 Å². The van der Waals surface area contributed by atoms with Crippen LogP contribution in [0.1, 0.15) is 56.1 Å². The summed E-state index contributed by atoms with van der Waals surface area (Å²) in [6.45, 7) is 6.48. The van der Waals surface area contributed by atoms with Crippen LogP contribution in [0.25, 0.3) is 0 Å². The maximum absolute atomic E-state index is 6.15. The topological polar surface area (TPSA) is 48.9 Å². The van der Waals surface area contributed by atoms with Crippen molar-refractivity contribution in [1.29, 1.82) is 0 Å². The smallest absolute Gasteiger partial charge is 0.191 e. The van der Waals surface area contributed by atoms with Gasteiger partial charge in [0.25, 0.3) is 0 Å². The Morgan fingerprint density at radius 3 is 2.70 bits per heavy atom. The number of ether oxygens (including phenoxy) is 1. The normalized spacial score (nSPS) is 31.5. The van der Waals surface area contributed by atoms with Crippen LogP contribution in [-0.4, -0.2) is 55.8 Å². The average Bonchev–Trinajstić information content (AvgIpc) is 3.41. The molecule has 3 unspecified atom stereocenters. The third-order valence-corrected chi connectivity index (χ3v) is 8.22. The highest BCUT2D eigenvalue weighted by Crippen LogP contribution is 2.60. The number of aryl methyl sites for hydroxylation is 1. The fraction of sp³-hybridized carbons (Fsp3) is 0.720. The molecule has 3 atom stereocenters. The molecule has 4 aliphatic rings. The van der Waals surface area contributed by atoms with Crippen molar-refractivity contribution in [3.63, 3.8) is 0 Å². The number of piperidine rings is 1. The standard InChI is InChI=1S/C25H38N4O/c1-18-6-5-7-19(16-18)17-29-13-8-20(9-14-29)27-24(26-2)28-22-21-10-15-30-23(21)25(22)11-3-4-12-25/h5-7,16,20-23H,3-4,8-15,17H2,1-2H3,(H2,26,27,28). The van der Waals surface area contributed by atoms with Gasteiger partial charge < -0.3 is 15.4 Å². The molecule has 1 spiro atoms. The van der Waals surface area contributed by atoms with Crippen molar-refractivity contribution in [1.82, 2.24) is 15.5 Å². The molecule has 2 N–H and O–H groups in total. The molecule has 0 bridgehead atoms. The predicted molar refractivity (Wildman–Crippen MR) is 122 cm³/mol.